The van der Waals surface area contributed by atoms with Crippen molar-refractivity contribution in [3.05, 3.63) is 88.7 Å². The van der Waals surface area contributed by atoms with Crippen LogP contribution < -0.4 is 9.64 Å². The van der Waals surface area contributed by atoms with Crippen molar-refractivity contribution in [2.75, 3.05) is 18.1 Å². The Morgan fingerprint density at radius 2 is 1.89 bits per heavy atom. The van der Waals surface area contributed by atoms with Crippen LogP contribution in [-0.2, 0) is 11.3 Å². The Hall–Kier alpha value is -3.12. The van der Waals surface area contributed by atoms with Gasteiger partial charge in [-0.2, -0.15) is 0 Å². The lowest BCUT2D eigenvalue weighted by atomic mass is 9.99. The molecular formula is C29H30BrN3O2. The van der Waals surface area contributed by atoms with Crippen LogP contribution in [0.5, 0.6) is 5.75 Å². The monoisotopic (exact) mass is 531 g/mol. The Morgan fingerprint density at radius 1 is 1.09 bits per heavy atom. The molecule has 1 saturated heterocycles. The number of anilines is 1. The number of halogens is 1. The third-order valence-corrected chi connectivity index (χ3v) is 7.43. The molecule has 2 unspecified atom stereocenters. The number of aromatic nitrogens is 2. The van der Waals surface area contributed by atoms with Crippen LogP contribution in [0.1, 0.15) is 49.9 Å². The minimum absolute atomic E-state index is 0.0312. The van der Waals surface area contributed by atoms with Gasteiger partial charge in [0.25, 0.3) is 0 Å². The van der Waals surface area contributed by atoms with Crippen LogP contribution in [-0.4, -0.2) is 28.6 Å². The minimum Gasteiger partial charge on any atom is -0.492 e. The third kappa shape index (κ3) is 4.98. The van der Waals surface area contributed by atoms with Gasteiger partial charge >= 0.3 is 0 Å². The summed E-state index contributed by atoms with van der Waals surface area (Å²) in [5.41, 5.74) is 4.28. The van der Waals surface area contributed by atoms with E-state index in [9.17, 15) is 4.79 Å². The molecule has 0 radical (unpaired) electrons. The zero-order valence-corrected chi connectivity index (χ0v) is 21.7. The Balaban J connectivity index is 1.35. The highest BCUT2D eigenvalue weighted by atomic mass is 79.9. The van der Waals surface area contributed by atoms with Crippen molar-refractivity contribution in [1.29, 1.82) is 0 Å². The van der Waals surface area contributed by atoms with Gasteiger partial charge in [-0.15, -0.1) is 0 Å². The molecule has 1 fully saturated rings. The maximum Gasteiger partial charge on any atom is 0.227 e. The highest BCUT2D eigenvalue weighted by molar-refractivity contribution is 9.10. The first kappa shape index (κ1) is 23.6. The van der Waals surface area contributed by atoms with Crippen LogP contribution in [0.2, 0.25) is 0 Å². The average Bonchev–Trinajstić information content (AvgIpc) is 3.44. The molecule has 6 heteroatoms. The maximum absolute atomic E-state index is 12.9. The van der Waals surface area contributed by atoms with Crippen molar-refractivity contribution in [1.82, 2.24) is 9.55 Å². The van der Waals surface area contributed by atoms with Crippen molar-refractivity contribution in [3.8, 4) is 5.75 Å². The van der Waals surface area contributed by atoms with E-state index < -0.39 is 0 Å². The largest absolute Gasteiger partial charge is 0.492 e. The number of fused-ring (bicyclic) bond motifs is 1. The van der Waals surface area contributed by atoms with E-state index in [-0.39, 0.29) is 11.8 Å². The predicted molar refractivity (Wildman–Crippen MR) is 144 cm³/mol. The van der Waals surface area contributed by atoms with Gasteiger partial charge in [0, 0.05) is 29.0 Å². The third-order valence-electron chi connectivity index (χ3n) is 6.94. The second-order valence-electron chi connectivity index (χ2n) is 9.22. The van der Waals surface area contributed by atoms with E-state index in [2.05, 4.69) is 64.7 Å². The molecule has 0 N–H and O–H groups in total. The first-order chi connectivity index (χ1) is 17.0. The number of para-hydroxylation sites is 2. The van der Waals surface area contributed by atoms with Crippen molar-refractivity contribution in [3.63, 3.8) is 0 Å². The molecule has 1 aromatic heterocycles. The lowest BCUT2D eigenvalue weighted by Gasteiger charge is -2.18. The van der Waals surface area contributed by atoms with E-state index in [4.69, 9.17) is 9.72 Å². The SMILES string of the molecule is CCC(C)c1ccc(OCCn2c(C3CC(=O)N(c4cccc(Br)c4)C3)nc3ccccc32)cc1. The molecule has 1 aliphatic rings. The number of nitrogens with zero attached hydrogens (tertiary/aromatic N) is 3. The molecule has 4 aromatic rings. The molecule has 0 aliphatic carbocycles. The summed E-state index contributed by atoms with van der Waals surface area (Å²) in [5, 5.41) is 0. The molecule has 0 saturated carbocycles. The molecule has 0 bridgehead atoms. The lowest BCUT2D eigenvalue weighted by molar-refractivity contribution is -0.117. The van der Waals surface area contributed by atoms with Gasteiger partial charge in [-0.05, 0) is 60.4 Å². The number of rotatable bonds is 8. The van der Waals surface area contributed by atoms with E-state index in [0.717, 1.165) is 39.2 Å². The van der Waals surface area contributed by atoms with Crippen LogP contribution in [0.25, 0.3) is 11.0 Å². The Morgan fingerprint density at radius 3 is 2.66 bits per heavy atom. The van der Waals surface area contributed by atoms with Gasteiger partial charge in [-0.1, -0.05) is 60.1 Å². The summed E-state index contributed by atoms with van der Waals surface area (Å²) in [6, 6.07) is 24.5. The first-order valence-electron chi connectivity index (χ1n) is 12.3. The number of amides is 1. The fraction of sp³-hybridized carbons (Fsp3) is 0.310. The number of hydrogen-bond acceptors (Lipinski definition) is 3. The van der Waals surface area contributed by atoms with Gasteiger partial charge in [0.1, 0.15) is 18.2 Å². The molecule has 1 aliphatic heterocycles. The fourth-order valence-corrected chi connectivity index (χ4v) is 5.19. The number of carbonyl (C=O) groups is 1. The molecular weight excluding hydrogens is 502 g/mol. The summed E-state index contributed by atoms with van der Waals surface area (Å²) in [6.07, 6.45) is 1.58. The second kappa shape index (κ2) is 10.2. The van der Waals surface area contributed by atoms with E-state index in [1.165, 1.54) is 5.56 Å². The van der Waals surface area contributed by atoms with Gasteiger partial charge in [-0.3, -0.25) is 4.79 Å². The highest BCUT2D eigenvalue weighted by Gasteiger charge is 2.34. The molecule has 3 aromatic carbocycles. The molecule has 5 rings (SSSR count). The highest BCUT2D eigenvalue weighted by Crippen LogP contribution is 2.34. The molecule has 180 valence electrons. The molecule has 2 heterocycles. The van der Waals surface area contributed by atoms with Gasteiger partial charge in [0.2, 0.25) is 5.91 Å². The molecule has 0 spiro atoms. The Labute approximate surface area is 214 Å². The van der Waals surface area contributed by atoms with Gasteiger partial charge < -0.3 is 14.2 Å². The first-order valence-corrected chi connectivity index (χ1v) is 13.1. The summed E-state index contributed by atoms with van der Waals surface area (Å²) in [5.74, 6) is 2.54. The molecule has 35 heavy (non-hydrogen) atoms. The number of imidazole rings is 1. The van der Waals surface area contributed by atoms with E-state index in [1.807, 2.05) is 47.4 Å². The zero-order valence-electron chi connectivity index (χ0n) is 20.2. The van der Waals surface area contributed by atoms with Crippen LogP contribution in [0.3, 0.4) is 0 Å². The molecule has 1 amide bonds. The summed E-state index contributed by atoms with van der Waals surface area (Å²) in [6.45, 7) is 6.28. The summed E-state index contributed by atoms with van der Waals surface area (Å²) in [7, 11) is 0. The van der Waals surface area contributed by atoms with Gasteiger partial charge in [-0.25, -0.2) is 4.98 Å². The van der Waals surface area contributed by atoms with Crippen LogP contribution in [0.4, 0.5) is 5.69 Å². The number of benzene rings is 3. The molecule has 5 nitrogen and oxygen atoms in total. The van der Waals surface area contributed by atoms with Crippen LogP contribution in [0.15, 0.2) is 77.3 Å². The molecule has 2 atom stereocenters. The topological polar surface area (TPSA) is 47.4 Å². The normalized spacial score (nSPS) is 16.7. The van der Waals surface area contributed by atoms with Crippen LogP contribution >= 0.6 is 15.9 Å². The predicted octanol–water partition coefficient (Wildman–Crippen LogP) is 6.91. The number of hydrogen-bond donors (Lipinski definition) is 0. The average molecular weight is 532 g/mol. The second-order valence-corrected chi connectivity index (χ2v) is 10.1. The fourth-order valence-electron chi connectivity index (χ4n) is 4.80. The van der Waals surface area contributed by atoms with Crippen molar-refractivity contribution < 1.29 is 9.53 Å². The standard InChI is InChI=1S/C29H30BrN3O2/c1-3-20(2)21-11-13-25(14-12-21)35-16-15-32-27-10-5-4-9-26(27)31-29(32)22-17-28(34)33(19-22)24-8-6-7-23(30)18-24/h4-14,18,20,22H,3,15-17,19H2,1-2H3. The smallest absolute Gasteiger partial charge is 0.227 e. The van der Waals surface area contributed by atoms with Gasteiger partial charge in [0.15, 0.2) is 0 Å². The summed E-state index contributed by atoms with van der Waals surface area (Å²) < 4.78 is 9.30. The van der Waals surface area contributed by atoms with E-state index in [1.54, 1.807) is 0 Å². The van der Waals surface area contributed by atoms with Crippen molar-refractivity contribution >= 4 is 38.6 Å². The van der Waals surface area contributed by atoms with Crippen molar-refractivity contribution in [2.45, 2.75) is 45.1 Å². The summed E-state index contributed by atoms with van der Waals surface area (Å²) in [4.78, 5) is 19.8. The maximum atomic E-state index is 12.9. The minimum atomic E-state index is 0.0312. The van der Waals surface area contributed by atoms with Crippen LogP contribution in [0, 0.1) is 0 Å². The Kier molecular flexibility index (Phi) is 6.91. The lowest BCUT2D eigenvalue weighted by Crippen LogP contribution is -2.24. The van der Waals surface area contributed by atoms with E-state index in [0.29, 0.717) is 32.0 Å². The van der Waals surface area contributed by atoms with Crippen molar-refractivity contribution in [2.24, 2.45) is 0 Å². The zero-order chi connectivity index (χ0) is 24.4. The quantitative estimate of drug-likeness (QED) is 0.248. The number of carbonyl (C=O) groups excluding carboxylic acids is 1. The van der Waals surface area contributed by atoms with E-state index >= 15 is 0 Å². The number of ether oxygens (including phenoxy) is 1. The summed E-state index contributed by atoms with van der Waals surface area (Å²) >= 11 is 3.52. The Bertz CT molecular complexity index is 1330. The van der Waals surface area contributed by atoms with Gasteiger partial charge in [0.05, 0.1) is 17.6 Å².